The zero-order valence-electron chi connectivity index (χ0n) is 18.2. The van der Waals surface area contributed by atoms with E-state index in [4.69, 9.17) is 4.74 Å². The predicted octanol–water partition coefficient (Wildman–Crippen LogP) is 3.99. The van der Waals surface area contributed by atoms with Crippen molar-refractivity contribution in [3.8, 4) is 5.75 Å². The lowest BCUT2D eigenvalue weighted by molar-refractivity contribution is -0.123. The van der Waals surface area contributed by atoms with Gasteiger partial charge in [-0.3, -0.25) is 14.5 Å². The topological polar surface area (TPSA) is 70.7 Å². The summed E-state index contributed by atoms with van der Waals surface area (Å²) in [5.74, 6) is 0.451. The molecule has 0 unspecified atom stereocenters. The number of nitrogens with one attached hydrogen (secondary N) is 2. The van der Waals surface area contributed by atoms with E-state index in [1.807, 2.05) is 32.0 Å². The smallest absolute Gasteiger partial charge is 0.238 e. The number of nitrogens with zero attached hydrogens (tertiary/aromatic N) is 1. The number of likely N-dealkylation sites (N-methyl/N-ethyl adjacent to an activating group) is 1. The molecule has 0 fully saturated rings. The Balaban J connectivity index is 1.52. The van der Waals surface area contributed by atoms with Gasteiger partial charge in [-0.05, 0) is 60.1 Å². The molecule has 0 aromatic heterocycles. The van der Waals surface area contributed by atoms with Crippen molar-refractivity contribution in [1.29, 1.82) is 0 Å². The third-order valence-electron chi connectivity index (χ3n) is 5.21. The number of carbonyl (C=O) groups excluding carboxylic acids is 2. The van der Waals surface area contributed by atoms with Gasteiger partial charge in [0.25, 0.3) is 0 Å². The number of rotatable bonds is 9. The minimum absolute atomic E-state index is 0.111. The molecule has 0 heterocycles. The highest BCUT2D eigenvalue weighted by Crippen LogP contribution is 2.20. The maximum Gasteiger partial charge on any atom is 0.238 e. The van der Waals surface area contributed by atoms with Gasteiger partial charge >= 0.3 is 0 Å². The highest BCUT2D eigenvalue weighted by Gasteiger charge is 2.16. The average Bonchev–Trinajstić information content (AvgIpc) is 2.78. The number of carbonyl (C=O) groups is 2. The van der Waals surface area contributed by atoms with Crippen LogP contribution < -0.4 is 15.4 Å². The first-order chi connectivity index (χ1) is 15.0. The molecule has 31 heavy (non-hydrogen) atoms. The van der Waals surface area contributed by atoms with E-state index in [2.05, 4.69) is 34.9 Å². The number of amides is 2. The molecule has 3 rings (SSSR count). The van der Waals surface area contributed by atoms with Gasteiger partial charge in [0.1, 0.15) is 5.75 Å². The van der Waals surface area contributed by atoms with Crippen LogP contribution in [0.2, 0.25) is 0 Å². The van der Waals surface area contributed by atoms with Crippen molar-refractivity contribution in [2.75, 3.05) is 32.1 Å². The van der Waals surface area contributed by atoms with Crippen molar-refractivity contribution >= 4 is 28.3 Å². The minimum Gasteiger partial charge on any atom is -0.497 e. The Morgan fingerprint density at radius 1 is 0.935 bits per heavy atom. The third-order valence-corrected chi connectivity index (χ3v) is 5.21. The summed E-state index contributed by atoms with van der Waals surface area (Å²) in [5, 5.41) is 8.20. The second-order valence-electron chi connectivity index (χ2n) is 7.48. The van der Waals surface area contributed by atoms with Crippen molar-refractivity contribution < 1.29 is 14.3 Å². The molecule has 2 N–H and O–H groups in total. The molecule has 3 aromatic carbocycles. The van der Waals surface area contributed by atoms with Crippen molar-refractivity contribution in [2.45, 2.75) is 19.9 Å². The summed E-state index contributed by atoms with van der Waals surface area (Å²) in [5.41, 5.74) is 1.74. The molecule has 0 saturated carbocycles. The number of anilines is 1. The van der Waals surface area contributed by atoms with E-state index in [1.165, 1.54) is 5.39 Å². The van der Waals surface area contributed by atoms with Crippen LogP contribution in [0.5, 0.6) is 5.75 Å². The summed E-state index contributed by atoms with van der Waals surface area (Å²) in [6, 6.07) is 21.4. The first kappa shape index (κ1) is 22.3. The van der Waals surface area contributed by atoms with E-state index in [-0.39, 0.29) is 30.9 Å². The van der Waals surface area contributed by atoms with E-state index >= 15 is 0 Å². The van der Waals surface area contributed by atoms with E-state index in [1.54, 1.807) is 36.3 Å². The molecule has 2 amide bonds. The fourth-order valence-corrected chi connectivity index (χ4v) is 3.41. The van der Waals surface area contributed by atoms with E-state index < -0.39 is 0 Å². The van der Waals surface area contributed by atoms with Crippen LogP contribution in [0.1, 0.15) is 25.5 Å². The standard InChI is InChI=1S/C25H29N3O3/c1-4-28(17-25(30)27-22-11-13-23(31-3)14-12-22)16-24(29)26-18(2)20-10-9-19-7-5-6-8-21(19)15-20/h5-15,18H,4,16-17H2,1-3H3,(H,26,29)(H,27,30)/t18-/m0/s1. The fourth-order valence-electron chi connectivity index (χ4n) is 3.41. The second kappa shape index (κ2) is 10.6. The molecule has 6 nitrogen and oxygen atoms in total. The predicted molar refractivity (Wildman–Crippen MR) is 124 cm³/mol. The van der Waals surface area contributed by atoms with Crippen LogP contribution in [-0.2, 0) is 9.59 Å². The normalized spacial score (nSPS) is 11.9. The van der Waals surface area contributed by atoms with Gasteiger partial charge in [-0.2, -0.15) is 0 Å². The van der Waals surface area contributed by atoms with Gasteiger partial charge in [0.2, 0.25) is 11.8 Å². The van der Waals surface area contributed by atoms with Crippen molar-refractivity contribution in [1.82, 2.24) is 10.2 Å². The number of fused-ring (bicyclic) bond motifs is 1. The van der Waals surface area contributed by atoms with Crippen LogP contribution in [0.4, 0.5) is 5.69 Å². The first-order valence-electron chi connectivity index (χ1n) is 10.4. The Morgan fingerprint density at radius 3 is 2.29 bits per heavy atom. The van der Waals surface area contributed by atoms with Crippen LogP contribution in [0, 0.1) is 0 Å². The van der Waals surface area contributed by atoms with E-state index in [9.17, 15) is 9.59 Å². The van der Waals surface area contributed by atoms with Crippen LogP contribution in [0.15, 0.2) is 66.7 Å². The largest absolute Gasteiger partial charge is 0.497 e. The zero-order valence-corrected chi connectivity index (χ0v) is 18.2. The molecule has 0 aliphatic carbocycles. The summed E-state index contributed by atoms with van der Waals surface area (Å²) in [6.07, 6.45) is 0. The molecule has 0 radical (unpaired) electrons. The van der Waals surface area contributed by atoms with Crippen LogP contribution in [0.3, 0.4) is 0 Å². The number of hydrogen-bond donors (Lipinski definition) is 2. The quantitative estimate of drug-likeness (QED) is 0.550. The molecule has 3 aromatic rings. The van der Waals surface area contributed by atoms with Crippen LogP contribution in [0.25, 0.3) is 10.8 Å². The first-order valence-corrected chi connectivity index (χ1v) is 10.4. The minimum atomic E-state index is -0.164. The Morgan fingerprint density at radius 2 is 1.61 bits per heavy atom. The molecular formula is C25H29N3O3. The molecule has 0 aliphatic heterocycles. The monoisotopic (exact) mass is 419 g/mol. The molecule has 6 heteroatoms. The summed E-state index contributed by atoms with van der Waals surface area (Å²) in [6.45, 7) is 4.79. The number of hydrogen-bond acceptors (Lipinski definition) is 4. The second-order valence-corrected chi connectivity index (χ2v) is 7.48. The molecule has 1 atom stereocenters. The summed E-state index contributed by atoms with van der Waals surface area (Å²) in [7, 11) is 1.60. The number of methoxy groups -OCH3 is 1. The van der Waals surface area contributed by atoms with Gasteiger partial charge in [0.15, 0.2) is 0 Å². The van der Waals surface area contributed by atoms with Crippen LogP contribution in [-0.4, -0.2) is 43.5 Å². The summed E-state index contributed by atoms with van der Waals surface area (Å²) < 4.78 is 5.12. The van der Waals surface area contributed by atoms with Crippen molar-refractivity contribution in [2.24, 2.45) is 0 Å². The molecule has 0 spiro atoms. The molecule has 0 bridgehead atoms. The lowest BCUT2D eigenvalue weighted by Gasteiger charge is -2.21. The van der Waals surface area contributed by atoms with Gasteiger partial charge in [0, 0.05) is 5.69 Å². The third kappa shape index (κ3) is 6.30. The fraction of sp³-hybridized carbons (Fsp3) is 0.280. The maximum atomic E-state index is 12.6. The van der Waals surface area contributed by atoms with Gasteiger partial charge < -0.3 is 15.4 Å². The average molecular weight is 420 g/mol. The molecular weight excluding hydrogens is 390 g/mol. The van der Waals surface area contributed by atoms with E-state index in [0.717, 1.165) is 16.7 Å². The van der Waals surface area contributed by atoms with Crippen molar-refractivity contribution in [3.63, 3.8) is 0 Å². The molecule has 162 valence electrons. The SMILES string of the molecule is CCN(CC(=O)Nc1ccc(OC)cc1)CC(=O)N[C@@H](C)c1ccc2ccccc2c1. The number of ether oxygens (including phenoxy) is 1. The Hall–Kier alpha value is -3.38. The van der Waals surface area contributed by atoms with Gasteiger partial charge in [-0.1, -0.05) is 43.3 Å². The number of benzene rings is 3. The Bertz CT molecular complexity index is 1030. The molecule has 0 aliphatic rings. The van der Waals surface area contributed by atoms with Crippen LogP contribution >= 0.6 is 0 Å². The van der Waals surface area contributed by atoms with Gasteiger partial charge in [-0.15, -0.1) is 0 Å². The van der Waals surface area contributed by atoms with Crippen molar-refractivity contribution in [3.05, 3.63) is 72.3 Å². The van der Waals surface area contributed by atoms with Gasteiger partial charge in [0.05, 0.1) is 26.2 Å². The lowest BCUT2D eigenvalue weighted by atomic mass is 10.0. The highest BCUT2D eigenvalue weighted by atomic mass is 16.5. The zero-order chi connectivity index (χ0) is 22.2. The Kier molecular flexibility index (Phi) is 7.62. The summed E-state index contributed by atoms with van der Waals surface area (Å²) >= 11 is 0. The maximum absolute atomic E-state index is 12.6. The van der Waals surface area contributed by atoms with Gasteiger partial charge in [-0.25, -0.2) is 0 Å². The Labute approximate surface area is 183 Å². The molecule has 0 saturated heterocycles. The van der Waals surface area contributed by atoms with E-state index in [0.29, 0.717) is 12.2 Å². The summed E-state index contributed by atoms with van der Waals surface area (Å²) in [4.78, 5) is 26.7. The lowest BCUT2D eigenvalue weighted by Crippen LogP contribution is -2.41. The highest BCUT2D eigenvalue weighted by molar-refractivity contribution is 5.92.